The molecule has 0 aliphatic heterocycles. The van der Waals surface area contributed by atoms with Gasteiger partial charge in [-0.1, -0.05) is 34.1 Å². The summed E-state index contributed by atoms with van der Waals surface area (Å²) in [5.74, 6) is 0.644. The molecule has 1 aromatic carbocycles. The number of halogens is 1. The van der Waals surface area contributed by atoms with Crippen molar-refractivity contribution in [2.45, 2.75) is 25.9 Å². The number of ether oxygens (including phenoxy) is 1. The maximum atomic E-state index is 5.14. The van der Waals surface area contributed by atoms with E-state index in [9.17, 15) is 0 Å². The Hall–Kier alpha value is -1.39. The quantitative estimate of drug-likeness (QED) is 0.900. The molecule has 1 aromatic heterocycles. The molecule has 2 rings (SSSR count). The second-order valence-electron chi connectivity index (χ2n) is 5.16. The minimum Gasteiger partial charge on any atom is -0.481 e. The highest BCUT2D eigenvalue weighted by atomic mass is 79.9. The van der Waals surface area contributed by atoms with Crippen molar-refractivity contribution < 1.29 is 4.74 Å². The topological polar surface area (TPSA) is 34.1 Å². The third-order valence-corrected chi connectivity index (χ3v) is 3.80. The minimum atomic E-state index is -0.120. The van der Waals surface area contributed by atoms with Gasteiger partial charge in [0.15, 0.2) is 0 Å². The van der Waals surface area contributed by atoms with Gasteiger partial charge in [0.25, 0.3) is 0 Å². The number of benzene rings is 1. The zero-order chi connectivity index (χ0) is 14.6. The normalized spacial score (nSPS) is 11.4. The Kier molecular flexibility index (Phi) is 4.78. The van der Waals surface area contributed by atoms with Crippen LogP contribution in [0.3, 0.4) is 0 Å². The first-order valence-corrected chi connectivity index (χ1v) is 7.31. The largest absolute Gasteiger partial charge is 0.481 e. The number of rotatable bonds is 5. The first-order chi connectivity index (χ1) is 9.51. The fraction of sp³-hybridized carbons (Fsp3) is 0.312. The van der Waals surface area contributed by atoms with Crippen molar-refractivity contribution in [3.05, 3.63) is 58.2 Å². The maximum Gasteiger partial charge on any atom is 0.213 e. The molecular weight excluding hydrogens is 316 g/mol. The van der Waals surface area contributed by atoms with Crippen LogP contribution in [0.2, 0.25) is 0 Å². The van der Waals surface area contributed by atoms with E-state index >= 15 is 0 Å². The van der Waals surface area contributed by atoms with Crippen molar-refractivity contribution in [3.8, 4) is 5.88 Å². The van der Waals surface area contributed by atoms with Gasteiger partial charge in [-0.3, -0.25) is 0 Å². The van der Waals surface area contributed by atoms with Crippen LogP contribution in [0.5, 0.6) is 5.88 Å². The minimum absolute atomic E-state index is 0.120. The van der Waals surface area contributed by atoms with E-state index in [0.29, 0.717) is 12.4 Å². The van der Waals surface area contributed by atoms with Gasteiger partial charge >= 0.3 is 0 Å². The van der Waals surface area contributed by atoms with Crippen molar-refractivity contribution in [2.75, 3.05) is 7.11 Å². The fourth-order valence-electron chi connectivity index (χ4n) is 1.95. The van der Waals surface area contributed by atoms with Crippen LogP contribution in [0.4, 0.5) is 0 Å². The lowest BCUT2D eigenvalue weighted by atomic mass is 9.94. The number of hydrogen-bond acceptors (Lipinski definition) is 3. The molecular formula is C16H19BrN2O. The first-order valence-electron chi connectivity index (χ1n) is 6.52. The lowest BCUT2D eigenvalue weighted by Crippen LogP contribution is -2.36. The van der Waals surface area contributed by atoms with Crippen molar-refractivity contribution in [2.24, 2.45) is 0 Å². The van der Waals surface area contributed by atoms with E-state index in [1.165, 1.54) is 5.56 Å². The summed E-state index contributed by atoms with van der Waals surface area (Å²) in [5.41, 5.74) is 2.09. The highest BCUT2D eigenvalue weighted by Gasteiger charge is 2.19. The van der Waals surface area contributed by atoms with Crippen molar-refractivity contribution >= 4 is 15.9 Å². The summed E-state index contributed by atoms with van der Waals surface area (Å²) in [6, 6.07) is 14.2. The third kappa shape index (κ3) is 3.81. The summed E-state index contributed by atoms with van der Waals surface area (Å²) < 4.78 is 6.23. The van der Waals surface area contributed by atoms with E-state index in [4.69, 9.17) is 4.74 Å². The summed E-state index contributed by atoms with van der Waals surface area (Å²) in [7, 11) is 1.63. The van der Waals surface area contributed by atoms with Gasteiger partial charge in [-0.2, -0.15) is 0 Å². The molecule has 0 bridgehead atoms. The molecule has 0 aliphatic rings. The molecule has 1 N–H and O–H groups in total. The average Bonchev–Trinajstić information content (AvgIpc) is 2.46. The SMILES string of the molecule is COc1cccc(CNC(C)(C)c2ccc(Br)cc2)n1. The standard InChI is InChI=1S/C16H19BrN2O/c1-16(2,12-7-9-13(17)10-8-12)18-11-14-5-4-6-15(19-14)20-3/h4-10,18H,11H2,1-3H3. The first kappa shape index (κ1) is 15.0. The van der Waals surface area contributed by atoms with E-state index in [1.54, 1.807) is 7.11 Å². The summed E-state index contributed by atoms with van der Waals surface area (Å²) in [5, 5.41) is 3.53. The van der Waals surface area contributed by atoms with Gasteiger partial charge in [0.05, 0.1) is 12.8 Å². The van der Waals surface area contributed by atoms with Crippen LogP contribution < -0.4 is 10.1 Å². The molecule has 0 aliphatic carbocycles. The Balaban J connectivity index is 2.06. The third-order valence-electron chi connectivity index (χ3n) is 3.27. The Morgan fingerprint density at radius 1 is 1.15 bits per heavy atom. The molecule has 0 saturated heterocycles. The van der Waals surface area contributed by atoms with Gasteiger partial charge in [0.2, 0.25) is 5.88 Å². The number of nitrogens with one attached hydrogen (secondary N) is 1. The highest BCUT2D eigenvalue weighted by Crippen LogP contribution is 2.22. The van der Waals surface area contributed by atoms with Crippen LogP contribution in [-0.4, -0.2) is 12.1 Å². The predicted molar refractivity (Wildman–Crippen MR) is 84.8 cm³/mol. The lowest BCUT2D eigenvalue weighted by molar-refractivity contribution is 0.383. The van der Waals surface area contributed by atoms with E-state index in [0.717, 1.165) is 10.2 Å². The second kappa shape index (κ2) is 6.37. The van der Waals surface area contributed by atoms with E-state index in [1.807, 2.05) is 18.2 Å². The second-order valence-corrected chi connectivity index (χ2v) is 6.07. The van der Waals surface area contributed by atoms with Gasteiger partial charge < -0.3 is 10.1 Å². The molecule has 0 fully saturated rings. The van der Waals surface area contributed by atoms with Crippen molar-refractivity contribution in [1.29, 1.82) is 0 Å². The summed E-state index contributed by atoms with van der Waals surface area (Å²) in [6.45, 7) is 5.02. The van der Waals surface area contributed by atoms with Crippen LogP contribution in [0.15, 0.2) is 46.9 Å². The number of nitrogens with zero attached hydrogens (tertiary/aromatic N) is 1. The van der Waals surface area contributed by atoms with Crippen molar-refractivity contribution in [3.63, 3.8) is 0 Å². The zero-order valence-electron chi connectivity index (χ0n) is 12.0. The average molecular weight is 335 g/mol. The molecule has 0 spiro atoms. The number of pyridine rings is 1. The molecule has 0 radical (unpaired) electrons. The summed E-state index contributed by atoms with van der Waals surface area (Å²) in [6.07, 6.45) is 0. The van der Waals surface area contributed by atoms with Crippen LogP contribution >= 0.6 is 15.9 Å². The van der Waals surface area contributed by atoms with Gasteiger partial charge in [-0.25, -0.2) is 4.98 Å². The van der Waals surface area contributed by atoms with E-state index < -0.39 is 0 Å². The van der Waals surface area contributed by atoms with Crippen molar-refractivity contribution in [1.82, 2.24) is 10.3 Å². The Morgan fingerprint density at radius 3 is 2.50 bits per heavy atom. The predicted octanol–water partition coefficient (Wildman–Crippen LogP) is 3.88. The van der Waals surface area contributed by atoms with Crippen LogP contribution in [-0.2, 0) is 12.1 Å². The molecule has 0 amide bonds. The Morgan fingerprint density at radius 2 is 1.85 bits per heavy atom. The lowest BCUT2D eigenvalue weighted by Gasteiger charge is -2.27. The fourth-order valence-corrected chi connectivity index (χ4v) is 2.21. The van der Waals surface area contributed by atoms with Gasteiger partial charge in [0.1, 0.15) is 0 Å². The monoisotopic (exact) mass is 334 g/mol. The maximum absolute atomic E-state index is 5.14. The summed E-state index contributed by atoms with van der Waals surface area (Å²) >= 11 is 3.46. The zero-order valence-corrected chi connectivity index (χ0v) is 13.6. The molecule has 1 heterocycles. The van der Waals surface area contributed by atoms with Gasteiger partial charge in [-0.05, 0) is 37.6 Å². The molecule has 106 valence electrons. The molecule has 0 unspecified atom stereocenters. The summed E-state index contributed by atoms with van der Waals surface area (Å²) in [4.78, 5) is 4.41. The van der Waals surface area contributed by atoms with Gasteiger partial charge in [0, 0.05) is 22.6 Å². The van der Waals surface area contributed by atoms with E-state index in [2.05, 4.69) is 64.3 Å². The number of aromatic nitrogens is 1. The molecule has 2 aromatic rings. The Labute approximate surface area is 128 Å². The van der Waals surface area contributed by atoms with Gasteiger partial charge in [-0.15, -0.1) is 0 Å². The molecule has 0 atom stereocenters. The number of hydrogen-bond donors (Lipinski definition) is 1. The van der Waals surface area contributed by atoms with Crippen LogP contribution in [0.25, 0.3) is 0 Å². The molecule has 0 saturated carbocycles. The highest BCUT2D eigenvalue weighted by molar-refractivity contribution is 9.10. The van der Waals surface area contributed by atoms with Crippen LogP contribution in [0, 0.1) is 0 Å². The molecule has 20 heavy (non-hydrogen) atoms. The number of methoxy groups -OCH3 is 1. The Bertz CT molecular complexity index is 567. The van der Waals surface area contributed by atoms with E-state index in [-0.39, 0.29) is 5.54 Å². The molecule has 3 nitrogen and oxygen atoms in total. The smallest absolute Gasteiger partial charge is 0.213 e. The molecule has 4 heteroatoms. The van der Waals surface area contributed by atoms with Crippen LogP contribution in [0.1, 0.15) is 25.1 Å².